The SMILES string of the molecule is O.[2H]NC(C)(C)C(=O)N[C@@H](Cc1c[nH]c2ccccc12)C(=O)N1CCC[C@](Cc2ccccc2)(C(=O)N(C)N(C)C)C1. The van der Waals surface area contributed by atoms with Crippen LogP contribution in [0.3, 0.4) is 0 Å². The van der Waals surface area contributed by atoms with E-state index in [1.54, 1.807) is 35.8 Å². The van der Waals surface area contributed by atoms with Crippen molar-refractivity contribution < 1.29 is 21.3 Å². The Bertz CT molecular complexity index is 1380. The number of piperidine rings is 1. The van der Waals surface area contributed by atoms with Crippen molar-refractivity contribution in [3.63, 3.8) is 0 Å². The van der Waals surface area contributed by atoms with Crippen molar-refractivity contribution in [1.29, 1.82) is 0 Å². The number of hydrazine groups is 1. The number of H-pyrrole nitrogens is 1. The third-order valence-corrected chi connectivity index (χ3v) is 7.89. The van der Waals surface area contributed by atoms with Crippen LogP contribution in [0.4, 0.5) is 0 Å². The summed E-state index contributed by atoms with van der Waals surface area (Å²) in [6.45, 7) is 3.95. The summed E-state index contributed by atoms with van der Waals surface area (Å²) in [6, 6.07) is 16.9. The molecule has 1 aliphatic heterocycles. The molecule has 222 valence electrons. The quantitative estimate of drug-likeness (QED) is 0.321. The summed E-state index contributed by atoms with van der Waals surface area (Å²) in [5.41, 5.74) is 3.17. The van der Waals surface area contributed by atoms with Crippen molar-refractivity contribution >= 4 is 28.6 Å². The van der Waals surface area contributed by atoms with Gasteiger partial charge in [-0.2, -0.15) is 0 Å². The fraction of sp³-hybridized carbons (Fsp3) is 0.452. The van der Waals surface area contributed by atoms with Gasteiger partial charge in [0.1, 0.15) is 7.45 Å². The van der Waals surface area contributed by atoms with E-state index in [1.165, 1.54) is 0 Å². The summed E-state index contributed by atoms with van der Waals surface area (Å²) in [6.07, 6.45) is 3.97. The lowest BCUT2D eigenvalue weighted by Crippen LogP contribution is -2.61. The largest absolute Gasteiger partial charge is 0.412 e. The van der Waals surface area contributed by atoms with Crippen LogP contribution in [0.15, 0.2) is 60.8 Å². The van der Waals surface area contributed by atoms with Crippen LogP contribution in [0.25, 0.3) is 10.9 Å². The van der Waals surface area contributed by atoms with Gasteiger partial charge in [-0.25, -0.2) is 5.01 Å². The number of likely N-dealkylation sites (tertiary alicyclic amines) is 1. The minimum absolute atomic E-state index is 0. The van der Waals surface area contributed by atoms with E-state index in [9.17, 15) is 14.4 Å². The predicted molar refractivity (Wildman–Crippen MR) is 161 cm³/mol. The Labute approximate surface area is 243 Å². The molecule has 0 radical (unpaired) electrons. The van der Waals surface area contributed by atoms with Crippen molar-refractivity contribution in [1.82, 2.24) is 25.2 Å². The number of para-hydroxylation sites is 1. The van der Waals surface area contributed by atoms with Crippen molar-refractivity contribution in [2.75, 3.05) is 34.2 Å². The molecule has 1 fully saturated rings. The molecule has 4 rings (SSSR count). The monoisotopic (exact) mass is 565 g/mol. The molecular formula is C31H44N6O4. The normalized spacial score (nSPS) is 18.4. The number of aromatic amines is 1. The number of nitrogens with two attached hydrogens (primary N) is 1. The molecule has 1 aliphatic rings. The minimum atomic E-state index is -1.19. The first-order chi connectivity index (χ1) is 19.5. The first-order valence-electron chi connectivity index (χ1n) is 14.3. The lowest BCUT2D eigenvalue weighted by Gasteiger charge is -2.45. The molecule has 6 N–H and O–H groups in total. The zero-order valence-electron chi connectivity index (χ0n) is 25.7. The Kier molecular flexibility index (Phi) is 9.47. The van der Waals surface area contributed by atoms with Gasteiger partial charge in [-0.3, -0.25) is 19.4 Å². The number of fused-ring (bicyclic) bond motifs is 1. The van der Waals surface area contributed by atoms with Crippen LogP contribution in [0.5, 0.6) is 0 Å². The van der Waals surface area contributed by atoms with E-state index in [0.717, 1.165) is 22.0 Å². The molecule has 2 heterocycles. The number of hydrogen-bond acceptors (Lipinski definition) is 5. The fourth-order valence-corrected chi connectivity index (χ4v) is 5.51. The van der Waals surface area contributed by atoms with Gasteiger partial charge in [-0.15, -0.1) is 0 Å². The smallest absolute Gasteiger partial charge is 0.245 e. The highest BCUT2D eigenvalue weighted by molar-refractivity contribution is 5.93. The Morgan fingerprint density at radius 2 is 1.80 bits per heavy atom. The number of benzene rings is 2. The first-order valence-corrected chi connectivity index (χ1v) is 13.8. The third-order valence-electron chi connectivity index (χ3n) is 7.89. The number of amides is 3. The predicted octanol–water partition coefficient (Wildman–Crippen LogP) is 1.89. The summed E-state index contributed by atoms with van der Waals surface area (Å²) in [5.74, 6) is -0.718. The topological polar surface area (TPSA) is 146 Å². The number of carbonyl (C=O) groups is 3. The van der Waals surface area contributed by atoms with Gasteiger partial charge < -0.3 is 26.4 Å². The summed E-state index contributed by atoms with van der Waals surface area (Å²) in [7, 11) is 5.41. The van der Waals surface area contributed by atoms with Gasteiger partial charge in [0.2, 0.25) is 17.7 Å². The van der Waals surface area contributed by atoms with Gasteiger partial charge in [-0.05, 0) is 50.3 Å². The van der Waals surface area contributed by atoms with E-state index < -0.39 is 22.9 Å². The second kappa shape index (κ2) is 12.8. The van der Waals surface area contributed by atoms with E-state index in [2.05, 4.69) is 16.0 Å². The lowest BCUT2D eigenvalue weighted by atomic mass is 9.74. The van der Waals surface area contributed by atoms with Gasteiger partial charge in [-0.1, -0.05) is 48.5 Å². The van der Waals surface area contributed by atoms with Crippen LogP contribution in [-0.4, -0.2) is 88.9 Å². The molecule has 2 atom stereocenters. The van der Waals surface area contributed by atoms with Crippen molar-refractivity contribution in [3.05, 3.63) is 71.9 Å². The van der Waals surface area contributed by atoms with Gasteiger partial charge in [0, 0.05) is 57.8 Å². The molecule has 1 aromatic heterocycles. The van der Waals surface area contributed by atoms with Gasteiger partial charge in [0.05, 0.1) is 11.0 Å². The number of nitrogens with one attached hydrogen (secondary N) is 2. The van der Waals surface area contributed by atoms with Crippen LogP contribution in [-0.2, 0) is 27.2 Å². The van der Waals surface area contributed by atoms with Crippen LogP contribution < -0.4 is 11.0 Å². The second-order valence-electron chi connectivity index (χ2n) is 11.7. The number of aromatic nitrogens is 1. The van der Waals surface area contributed by atoms with Crippen molar-refractivity contribution in [2.45, 2.75) is 51.1 Å². The summed E-state index contributed by atoms with van der Waals surface area (Å²) >= 11 is 0. The molecule has 0 aliphatic carbocycles. The maximum atomic E-state index is 14.3. The summed E-state index contributed by atoms with van der Waals surface area (Å²) < 4.78 is 7.61. The number of hydrogen-bond donors (Lipinski definition) is 3. The van der Waals surface area contributed by atoms with Crippen LogP contribution in [0, 0.1) is 5.41 Å². The maximum Gasteiger partial charge on any atom is 0.245 e. The zero-order valence-corrected chi connectivity index (χ0v) is 24.7. The van der Waals surface area contributed by atoms with Gasteiger partial charge >= 0.3 is 0 Å². The highest BCUT2D eigenvalue weighted by Crippen LogP contribution is 2.36. The van der Waals surface area contributed by atoms with Gasteiger partial charge in [0.15, 0.2) is 0 Å². The molecule has 10 nitrogen and oxygen atoms in total. The average Bonchev–Trinajstić information content (AvgIpc) is 3.38. The number of rotatable bonds is 10. The van der Waals surface area contributed by atoms with Gasteiger partial charge in [0.25, 0.3) is 0 Å². The average molecular weight is 566 g/mol. The molecule has 3 aromatic rings. The Morgan fingerprint density at radius 3 is 2.49 bits per heavy atom. The van der Waals surface area contributed by atoms with Crippen molar-refractivity contribution in [2.24, 2.45) is 11.1 Å². The molecule has 10 heteroatoms. The Balaban J connectivity index is 0.00000484. The zero-order chi connectivity index (χ0) is 29.8. The van der Waals surface area contributed by atoms with E-state index in [4.69, 9.17) is 1.41 Å². The molecule has 2 aromatic carbocycles. The third kappa shape index (κ3) is 7.13. The second-order valence-corrected chi connectivity index (χ2v) is 11.7. The Hall–Kier alpha value is -3.73. The highest BCUT2D eigenvalue weighted by atomic mass is 16.2. The van der Waals surface area contributed by atoms with E-state index >= 15 is 0 Å². The first kappa shape index (κ1) is 30.2. The van der Waals surface area contributed by atoms with Crippen LogP contribution in [0.1, 0.15) is 37.8 Å². The van der Waals surface area contributed by atoms with E-state index in [1.807, 2.05) is 74.9 Å². The number of nitrogens with zero attached hydrogens (tertiary/aromatic N) is 3. The standard InChI is InChI=1S/C31H42N6O3.H2O/c1-30(2,32)28(39)34-26(18-23-20-33-25-15-10-9-14-24(23)25)27(38)37-17-11-16-31(21-37,29(40)36(5)35(3)4)19-22-12-7-6-8-13-22;/h6-10,12-15,20,26,33H,11,16-19,21,32H2,1-5H3,(H,34,39);1H2/t26-,31+;/m0./s1/i/hD. The molecule has 3 amide bonds. The lowest BCUT2D eigenvalue weighted by molar-refractivity contribution is -0.159. The van der Waals surface area contributed by atoms with Crippen LogP contribution in [0.2, 0.25) is 1.41 Å². The highest BCUT2D eigenvalue weighted by Gasteiger charge is 2.46. The van der Waals surface area contributed by atoms with Crippen molar-refractivity contribution in [3.8, 4) is 0 Å². The molecule has 0 unspecified atom stereocenters. The minimum Gasteiger partial charge on any atom is -0.412 e. The molecule has 0 bridgehead atoms. The molecule has 0 spiro atoms. The van der Waals surface area contributed by atoms with E-state index in [-0.39, 0.29) is 30.3 Å². The Morgan fingerprint density at radius 1 is 1.12 bits per heavy atom. The molecule has 41 heavy (non-hydrogen) atoms. The molecule has 1 saturated heterocycles. The summed E-state index contributed by atoms with van der Waals surface area (Å²) in [4.78, 5) is 46.5. The molecular weight excluding hydrogens is 520 g/mol. The fourth-order valence-electron chi connectivity index (χ4n) is 5.51. The van der Waals surface area contributed by atoms with Crippen LogP contribution >= 0.6 is 0 Å². The summed E-state index contributed by atoms with van der Waals surface area (Å²) in [5, 5.41) is 7.28. The number of carbonyl (C=O) groups excluding carboxylic acids is 3. The molecule has 0 saturated carbocycles. The van der Waals surface area contributed by atoms with E-state index in [0.29, 0.717) is 25.8 Å². The maximum absolute atomic E-state index is 14.3.